The summed E-state index contributed by atoms with van der Waals surface area (Å²) in [6.45, 7) is 6.04. The molecule has 0 saturated carbocycles. The number of morpholine rings is 1. The van der Waals surface area contributed by atoms with Crippen LogP contribution in [0.3, 0.4) is 0 Å². The molecule has 1 N–H and O–H groups in total. The summed E-state index contributed by atoms with van der Waals surface area (Å²) in [5, 5.41) is 13.7. The molecule has 2 aromatic rings. The van der Waals surface area contributed by atoms with Gasteiger partial charge in [0, 0.05) is 36.6 Å². The van der Waals surface area contributed by atoms with Gasteiger partial charge in [-0.3, -0.25) is 14.9 Å². The van der Waals surface area contributed by atoms with Gasteiger partial charge in [0.25, 0.3) is 11.6 Å². The topological polar surface area (TPSA) is 110 Å². The van der Waals surface area contributed by atoms with Crippen LogP contribution in [0, 0.1) is 24.0 Å². The van der Waals surface area contributed by atoms with E-state index in [0.717, 1.165) is 0 Å². The number of carbonyl (C=O) groups excluding carboxylic acids is 1. The number of nitro groups is 1. The molecule has 0 unspecified atom stereocenters. The number of amides is 1. The second-order valence-corrected chi connectivity index (χ2v) is 5.98. The molecule has 1 aromatic carbocycles. The van der Waals surface area contributed by atoms with Gasteiger partial charge in [-0.25, -0.2) is 9.97 Å². The minimum atomic E-state index is -0.476. The smallest absolute Gasteiger partial charge is 0.274 e. The lowest BCUT2D eigenvalue weighted by molar-refractivity contribution is -0.385. The number of carbonyl (C=O) groups is 1. The minimum Gasteiger partial charge on any atom is -0.378 e. The molecule has 0 radical (unpaired) electrons. The van der Waals surface area contributed by atoms with Crippen molar-refractivity contribution in [1.29, 1.82) is 0 Å². The molecule has 9 heteroatoms. The van der Waals surface area contributed by atoms with Crippen molar-refractivity contribution in [2.24, 2.45) is 0 Å². The molecule has 1 amide bonds. The van der Waals surface area contributed by atoms with E-state index < -0.39 is 10.8 Å². The van der Waals surface area contributed by atoms with E-state index in [4.69, 9.17) is 4.74 Å². The van der Waals surface area contributed by atoms with Crippen LogP contribution in [0.1, 0.15) is 21.6 Å². The number of rotatable bonds is 4. The Labute approximate surface area is 150 Å². The van der Waals surface area contributed by atoms with E-state index in [1.807, 2.05) is 4.90 Å². The highest BCUT2D eigenvalue weighted by atomic mass is 16.6. The predicted molar refractivity (Wildman–Crippen MR) is 95.6 cm³/mol. The zero-order valence-electron chi connectivity index (χ0n) is 14.6. The maximum Gasteiger partial charge on any atom is 0.274 e. The molecule has 1 fully saturated rings. The molecule has 0 spiro atoms. The number of nitro benzene ring substituents is 1. The van der Waals surface area contributed by atoms with Gasteiger partial charge in [-0.15, -0.1) is 0 Å². The normalized spacial score (nSPS) is 14.2. The average molecular weight is 357 g/mol. The molecule has 0 aliphatic carbocycles. The third kappa shape index (κ3) is 3.77. The molecule has 9 nitrogen and oxygen atoms in total. The maximum absolute atomic E-state index is 12.5. The molecule has 1 aliphatic rings. The molecule has 2 heterocycles. The molecule has 0 bridgehead atoms. The standard InChI is InChI=1S/C17H19N5O4/c1-11-3-4-13(9-15(11)22(24)25)20-16(23)14-10-18-17(19-12(14)2)21-5-7-26-8-6-21/h3-4,9-10H,5-8H2,1-2H3,(H,20,23). The van der Waals surface area contributed by atoms with Gasteiger partial charge in [-0.1, -0.05) is 6.07 Å². The van der Waals surface area contributed by atoms with Gasteiger partial charge in [0.15, 0.2) is 0 Å². The fourth-order valence-corrected chi connectivity index (χ4v) is 2.68. The second kappa shape index (κ2) is 7.44. The Bertz CT molecular complexity index is 849. The molecule has 0 atom stereocenters. The predicted octanol–water partition coefficient (Wildman–Crippen LogP) is 2.09. The Morgan fingerprint density at radius 2 is 2.04 bits per heavy atom. The number of nitrogens with zero attached hydrogens (tertiary/aromatic N) is 4. The van der Waals surface area contributed by atoms with Crippen molar-refractivity contribution < 1.29 is 14.5 Å². The average Bonchev–Trinajstić information content (AvgIpc) is 2.63. The first-order chi connectivity index (χ1) is 12.5. The second-order valence-electron chi connectivity index (χ2n) is 5.98. The first-order valence-corrected chi connectivity index (χ1v) is 8.18. The molecule has 1 aliphatic heterocycles. The van der Waals surface area contributed by atoms with Gasteiger partial charge in [-0.05, 0) is 19.9 Å². The monoisotopic (exact) mass is 357 g/mol. The highest BCUT2D eigenvalue weighted by Gasteiger charge is 2.18. The third-order valence-corrected chi connectivity index (χ3v) is 4.17. The number of benzene rings is 1. The minimum absolute atomic E-state index is 0.0431. The Morgan fingerprint density at radius 1 is 1.31 bits per heavy atom. The third-order valence-electron chi connectivity index (χ3n) is 4.17. The van der Waals surface area contributed by atoms with Gasteiger partial charge in [0.05, 0.1) is 29.4 Å². The van der Waals surface area contributed by atoms with Crippen molar-refractivity contribution in [3.8, 4) is 0 Å². The molecule has 26 heavy (non-hydrogen) atoms. The maximum atomic E-state index is 12.5. The van der Waals surface area contributed by atoms with Gasteiger partial charge in [0.1, 0.15) is 0 Å². The number of nitrogens with one attached hydrogen (secondary N) is 1. The molecule has 1 aromatic heterocycles. The van der Waals surface area contributed by atoms with E-state index in [-0.39, 0.29) is 5.69 Å². The SMILES string of the molecule is Cc1ccc(NC(=O)c2cnc(N3CCOCC3)nc2C)cc1[N+](=O)[O-]. The number of hydrogen-bond donors (Lipinski definition) is 1. The van der Waals surface area contributed by atoms with E-state index in [2.05, 4.69) is 15.3 Å². The Kier molecular flexibility index (Phi) is 5.08. The van der Waals surface area contributed by atoms with Crippen LogP contribution < -0.4 is 10.2 Å². The first kappa shape index (κ1) is 17.7. The van der Waals surface area contributed by atoms with Gasteiger partial charge < -0.3 is 15.0 Å². The van der Waals surface area contributed by atoms with Crippen LogP contribution in [0.25, 0.3) is 0 Å². The number of anilines is 2. The van der Waals surface area contributed by atoms with Crippen molar-refractivity contribution >= 4 is 23.2 Å². The van der Waals surface area contributed by atoms with Crippen LogP contribution in [-0.4, -0.2) is 47.1 Å². The Balaban J connectivity index is 1.77. The molecule has 3 rings (SSSR count). The van der Waals surface area contributed by atoms with Crippen LogP contribution in [0.15, 0.2) is 24.4 Å². The number of hydrogen-bond acceptors (Lipinski definition) is 7. The van der Waals surface area contributed by atoms with E-state index in [1.165, 1.54) is 12.3 Å². The van der Waals surface area contributed by atoms with Crippen LogP contribution in [-0.2, 0) is 4.74 Å². The van der Waals surface area contributed by atoms with Gasteiger partial charge in [0.2, 0.25) is 5.95 Å². The van der Waals surface area contributed by atoms with E-state index in [0.29, 0.717) is 54.8 Å². The Morgan fingerprint density at radius 3 is 2.69 bits per heavy atom. The highest BCUT2D eigenvalue weighted by Crippen LogP contribution is 2.23. The summed E-state index contributed by atoms with van der Waals surface area (Å²) in [7, 11) is 0. The lowest BCUT2D eigenvalue weighted by Gasteiger charge is -2.27. The van der Waals surface area contributed by atoms with Crippen molar-refractivity contribution in [1.82, 2.24) is 9.97 Å². The van der Waals surface area contributed by atoms with Crippen LogP contribution in [0.4, 0.5) is 17.3 Å². The summed E-state index contributed by atoms with van der Waals surface area (Å²) >= 11 is 0. The summed E-state index contributed by atoms with van der Waals surface area (Å²) in [6.07, 6.45) is 1.48. The zero-order valence-corrected chi connectivity index (χ0v) is 14.6. The van der Waals surface area contributed by atoms with Crippen molar-refractivity contribution in [3.05, 3.63) is 51.3 Å². The lowest BCUT2D eigenvalue weighted by atomic mass is 10.1. The first-order valence-electron chi connectivity index (χ1n) is 8.18. The summed E-state index contributed by atoms with van der Waals surface area (Å²) in [4.78, 5) is 33.7. The fourth-order valence-electron chi connectivity index (χ4n) is 2.68. The fraction of sp³-hybridized carbons (Fsp3) is 0.353. The van der Waals surface area contributed by atoms with Crippen LogP contribution in [0.5, 0.6) is 0 Å². The number of aryl methyl sites for hydroxylation is 2. The largest absolute Gasteiger partial charge is 0.378 e. The Hall–Kier alpha value is -3.07. The van der Waals surface area contributed by atoms with Gasteiger partial charge in [-0.2, -0.15) is 0 Å². The van der Waals surface area contributed by atoms with Crippen molar-refractivity contribution in [2.75, 3.05) is 36.5 Å². The van der Waals surface area contributed by atoms with E-state index in [9.17, 15) is 14.9 Å². The van der Waals surface area contributed by atoms with E-state index in [1.54, 1.807) is 26.0 Å². The summed E-state index contributed by atoms with van der Waals surface area (Å²) in [6, 6.07) is 4.56. The van der Waals surface area contributed by atoms with Crippen LogP contribution >= 0.6 is 0 Å². The molecular formula is C17H19N5O4. The van der Waals surface area contributed by atoms with Gasteiger partial charge >= 0.3 is 0 Å². The summed E-state index contributed by atoms with van der Waals surface area (Å²) in [5.41, 5.74) is 1.70. The molecule has 1 saturated heterocycles. The summed E-state index contributed by atoms with van der Waals surface area (Å²) in [5.74, 6) is 0.155. The van der Waals surface area contributed by atoms with Crippen molar-refractivity contribution in [3.63, 3.8) is 0 Å². The highest BCUT2D eigenvalue weighted by molar-refractivity contribution is 6.05. The quantitative estimate of drug-likeness (QED) is 0.659. The van der Waals surface area contributed by atoms with Crippen LogP contribution in [0.2, 0.25) is 0 Å². The molecule has 136 valence electrons. The molecular weight excluding hydrogens is 338 g/mol. The summed E-state index contributed by atoms with van der Waals surface area (Å²) < 4.78 is 5.31. The number of ether oxygens (including phenoxy) is 1. The lowest BCUT2D eigenvalue weighted by Crippen LogP contribution is -2.37. The zero-order chi connectivity index (χ0) is 18.7. The van der Waals surface area contributed by atoms with E-state index >= 15 is 0 Å². The number of aromatic nitrogens is 2. The van der Waals surface area contributed by atoms with Crippen molar-refractivity contribution in [2.45, 2.75) is 13.8 Å².